The monoisotopic (exact) mass is 364 g/mol. The summed E-state index contributed by atoms with van der Waals surface area (Å²) in [5.41, 5.74) is 1.50. The summed E-state index contributed by atoms with van der Waals surface area (Å²) in [5.74, 6) is 0. The molecule has 0 N–H and O–H groups in total. The molecule has 148 valence electrons. The van der Waals surface area contributed by atoms with Crippen LogP contribution in [0.4, 0.5) is 0 Å². The molecule has 2 aromatic rings. The molecule has 0 saturated carbocycles. The Labute approximate surface area is 168 Å². The Bertz CT molecular complexity index is 637. The molecule has 0 heterocycles. The van der Waals surface area contributed by atoms with E-state index in [-0.39, 0.29) is 0 Å². The number of unbranched alkanes of at least 4 members (excludes halogenated alkanes) is 12. The fourth-order valence-corrected chi connectivity index (χ4v) is 3.92. The standard InChI is InChI=1S/C27H40/c1-2-3-4-5-6-7-8-9-10-11-12-13-14-15-16-19-25-22-23-26-20-17-18-21-27(26)24-25/h2-3,17-18,20-24H,4-16,19H2,1H3/b3-2+. The Kier molecular flexibility index (Phi) is 11.7. The fraction of sp³-hybridized carbons (Fsp3) is 0.556. The maximum absolute atomic E-state index is 2.37. The third-order valence-corrected chi connectivity index (χ3v) is 5.64. The van der Waals surface area contributed by atoms with Crippen LogP contribution >= 0.6 is 0 Å². The highest BCUT2D eigenvalue weighted by Gasteiger charge is 1.98. The summed E-state index contributed by atoms with van der Waals surface area (Å²) < 4.78 is 0. The minimum atomic E-state index is 1.24. The van der Waals surface area contributed by atoms with Gasteiger partial charge in [-0.25, -0.2) is 0 Å². The minimum Gasteiger partial charge on any atom is -0.0917 e. The summed E-state index contributed by atoms with van der Waals surface area (Å²) in [6.45, 7) is 2.12. The SMILES string of the molecule is C/C=C/CCCCCCCCCCCCCCc1ccc2ccccc2c1. The van der Waals surface area contributed by atoms with Crippen molar-refractivity contribution in [2.75, 3.05) is 0 Å². The Balaban J connectivity index is 1.38. The van der Waals surface area contributed by atoms with Crippen LogP contribution in [0.2, 0.25) is 0 Å². The van der Waals surface area contributed by atoms with Crippen LogP contribution in [-0.4, -0.2) is 0 Å². The molecule has 0 bridgehead atoms. The van der Waals surface area contributed by atoms with Gasteiger partial charge in [0, 0.05) is 0 Å². The first-order valence-corrected chi connectivity index (χ1v) is 11.5. The molecule has 0 fully saturated rings. The van der Waals surface area contributed by atoms with Gasteiger partial charge in [-0.2, -0.15) is 0 Å². The molecule has 0 aliphatic heterocycles. The van der Waals surface area contributed by atoms with Crippen LogP contribution < -0.4 is 0 Å². The van der Waals surface area contributed by atoms with Crippen molar-refractivity contribution < 1.29 is 0 Å². The first kappa shape index (κ1) is 21.7. The van der Waals surface area contributed by atoms with E-state index in [1.54, 1.807) is 0 Å². The highest BCUT2D eigenvalue weighted by Crippen LogP contribution is 2.18. The van der Waals surface area contributed by atoms with E-state index < -0.39 is 0 Å². The van der Waals surface area contributed by atoms with Gasteiger partial charge in [-0.05, 0) is 48.9 Å². The van der Waals surface area contributed by atoms with Crippen LogP contribution in [0.1, 0.15) is 96.0 Å². The molecular weight excluding hydrogens is 324 g/mol. The summed E-state index contributed by atoms with van der Waals surface area (Å²) in [5, 5.41) is 2.74. The summed E-state index contributed by atoms with van der Waals surface area (Å²) in [7, 11) is 0. The Hall–Kier alpha value is -1.56. The van der Waals surface area contributed by atoms with Gasteiger partial charge >= 0.3 is 0 Å². The topological polar surface area (TPSA) is 0 Å². The van der Waals surface area contributed by atoms with Gasteiger partial charge in [0.2, 0.25) is 0 Å². The second kappa shape index (κ2) is 14.5. The first-order valence-electron chi connectivity index (χ1n) is 11.5. The highest BCUT2D eigenvalue weighted by atomic mass is 14.0. The van der Waals surface area contributed by atoms with Crippen molar-refractivity contribution in [1.29, 1.82) is 0 Å². The molecule has 0 atom stereocenters. The minimum absolute atomic E-state index is 1.24. The zero-order chi connectivity index (χ0) is 19.0. The van der Waals surface area contributed by atoms with E-state index in [2.05, 4.69) is 61.5 Å². The maximum Gasteiger partial charge on any atom is -0.0181 e. The third kappa shape index (κ3) is 9.80. The molecule has 2 rings (SSSR count). The lowest BCUT2D eigenvalue weighted by atomic mass is 10.0. The molecule has 2 aromatic carbocycles. The lowest BCUT2D eigenvalue weighted by Gasteiger charge is -2.05. The van der Waals surface area contributed by atoms with Crippen molar-refractivity contribution in [3.8, 4) is 0 Å². The molecule has 0 aromatic heterocycles. The lowest BCUT2D eigenvalue weighted by molar-refractivity contribution is 0.541. The Morgan fingerprint density at radius 1 is 0.593 bits per heavy atom. The number of hydrogen-bond donors (Lipinski definition) is 0. The van der Waals surface area contributed by atoms with Gasteiger partial charge in [0.05, 0.1) is 0 Å². The van der Waals surface area contributed by atoms with E-state index in [1.807, 2.05) is 0 Å². The van der Waals surface area contributed by atoms with E-state index in [4.69, 9.17) is 0 Å². The van der Waals surface area contributed by atoms with E-state index in [1.165, 1.54) is 106 Å². The van der Waals surface area contributed by atoms with Gasteiger partial charge in [0.1, 0.15) is 0 Å². The second-order valence-electron chi connectivity index (χ2n) is 8.03. The summed E-state index contributed by atoms with van der Waals surface area (Å²) in [6.07, 6.45) is 24.0. The predicted octanol–water partition coefficient (Wildman–Crippen LogP) is 9.03. The van der Waals surface area contributed by atoms with Crippen molar-refractivity contribution in [2.45, 2.75) is 96.8 Å². The van der Waals surface area contributed by atoms with Crippen molar-refractivity contribution in [1.82, 2.24) is 0 Å². The number of hydrogen-bond acceptors (Lipinski definition) is 0. The third-order valence-electron chi connectivity index (χ3n) is 5.64. The van der Waals surface area contributed by atoms with Gasteiger partial charge < -0.3 is 0 Å². The van der Waals surface area contributed by atoms with Crippen LogP contribution in [0.15, 0.2) is 54.6 Å². The first-order chi connectivity index (χ1) is 13.4. The van der Waals surface area contributed by atoms with Gasteiger partial charge in [-0.1, -0.05) is 119 Å². The van der Waals surface area contributed by atoms with Crippen molar-refractivity contribution in [3.63, 3.8) is 0 Å². The van der Waals surface area contributed by atoms with Crippen LogP contribution in [0, 0.1) is 0 Å². The zero-order valence-electron chi connectivity index (χ0n) is 17.6. The fourth-order valence-electron chi connectivity index (χ4n) is 3.92. The number of allylic oxidation sites excluding steroid dienone is 2. The van der Waals surface area contributed by atoms with E-state index in [0.717, 1.165) is 0 Å². The van der Waals surface area contributed by atoms with Gasteiger partial charge in [-0.15, -0.1) is 0 Å². The van der Waals surface area contributed by atoms with Crippen molar-refractivity contribution >= 4 is 10.8 Å². The summed E-state index contributed by atoms with van der Waals surface area (Å²) in [6, 6.07) is 15.6. The molecule has 0 radical (unpaired) electrons. The van der Waals surface area contributed by atoms with E-state index in [9.17, 15) is 0 Å². The lowest BCUT2D eigenvalue weighted by Crippen LogP contribution is -1.87. The number of fused-ring (bicyclic) bond motifs is 1. The highest BCUT2D eigenvalue weighted by molar-refractivity contribution is 5.82. The predicted molar refractivity (Wildman–Crippen MR) is 122 cm³/mol. The van der Waals surface area contributed by atoms with E-state index >= 15 is 0 Å². The molecular formula is C27H40. The largest absolute Gasteiger partial charge is 0.0917 e. The number of rotatable bonds is 15. The van der Waals surface area contributed by atoms with Crippen LogP contribution in [0.3, 0.4) is 0 Å². The molecule has 0 heteroatoms. The van der Waals surface area contributed by atoms with Crippen LogP contribution in [-0.2, 0) is 6.42 Å². The smallest absolute Gasteiger partial charge is 0.0181 e. The van der Waals surface area contributed by atoms with Crippen LogP contribution in [0.5, 0.6) is 0 Å². The van der Waals surface area contributed by atoms with Gasteiger partial charge in [0.15, 0.2) is 0 Å². The maximum atomic E-state index is 2.37. The normalized spacial score (nSPS) is 11.6. The van der Waals surface area contributed by atoms with E-state index in [0.29, 0.717) is 0 Å². The average Bonchev–Trinajstić information content (AvgIpc) is 2.71. The molecule has 0 saturated heterocycles. The van der Waals surface area contributed by atoms with Gasteiger partial charge in [-0.3, -0.25) is 0 Å². The van der Waals surface area contributed by atoms with Crippen molar-refractivity contribution in [3.05, 3.63) is 60.2 Å². The van der Waals surface area contributed by atoms with Crippen molar-refractivity contribution in [2.24, 2.45) is 0 Å². The molecule has 0 amide bonds. The summed E-state index contributed by atoms with van der Waals surface area (Å²) >= 11 is 0. The van der Waals surface area contributed by atoms with Crippen LogP contribution in [0.25, 0.3) is 10.8 Å². The number of benzene rings is 2. The Morgan fingerprint density at radius 3 is 1.78 bits per heavy atom. The zero-order valence-corrected chi connectivity index (χ0v) is 17.6. The molecule has 0 aliphatic carbocycles. The molecule has 0 aliphatic rings. The number of aryl methyl sites for hydroxylation is 1. The molecule has 0 unspecified atom stereocenters. The molecule has 0 nitrogen and oxygen atoms in total. The van der Waals surface area contributed by atoms with Gasteiger partial charge in [0.25, 0.3) is 0 Å². The Morgan fingerprint density at radius 2 is 1.15 bits per heavy atom. The molecule has 0 spiro atoms. The molecule has 27 heavy (non-hydrogen) atoms. The second-order valence-corrected chi connectivity index (χ2v) is 8.03. The quantitative estimate of drug-likeness (QED) is 0.218. The summed E-state index contributed by atoms with van der Waals surface area (Å²) in [4.78, 5) is 0. The average molecular weight is 365 g/mol.